The van der Waals surface area contributed by atoms with Crippen molar-refractivity contribution in [2.75, 3.05) is 59.4 Å². The minimum absolute atomic E-state index is 0.0514. The highest BCUT2D eigenvalue weighted by Gasteiger charge is 2.18. The van der Waals surface area contributed by atoms with Gasteiger partial charge in [-0.05, 0) is 61.2 Å². The minimum atomic E-state index is -1.03. The number of aromatic carboxylic acids is 2. The van der Waals surface area contributed by atoms with Gasteiger partial charge >= 0.3 is 11.9 Å². The van der Waals surface area contributed by atoms with Crippen molar-refractivity contribution in [3.8, 4) is 0 Å². The number of isothiocyanates is 1. The van der Waals surface area contributed by atoms with E-state index >= 15 is 0 Å². The molecule has 3 aromatic rings. The molecule has 226 valence electrons. The molecule has 12 heteroatoms. The van der Waals surface area contributed by atoms with Crippen molar-refractivity contribution in [3.05, 3.63) is 89.0 Å². The van der Waals surface area contributed by atoms with E-state index < -0.39 is 11.9 Å². The first-order valence-electron chi connectivity index (χ1n) is 14.2. The van der Waals surface area contributed by atoms with Gasteiger partial charge in [-0.2, -0.15) is 4.99 Å². The third-order valence-corrected chi connectivity index (χ3v) is 7.49. The van der Waals surface area contributed by atoms with Crippen LogP contribution < -0.4 is 0 Å². The van der Waals surface area contributed by atoms with Crippen LogP contribution >= 0.6 is 12.2 Å². The second-order valence-electron chi connectivity index (χ2n) is 10.6. The fourth-order valence-electron chi connectivity index (χ4n) is 4.93. The molecule has 43 heavy (non-hydrogen) atoms. The quantitative estimate of drug-likeness (QED) is 0.276. The number of carbonyl (C=O) groups is 2. The topological polar surface area (TPSA) is 126 Å². The number of hydrogen-bond donors (Lipinski definition) is 2. The third kappa shape index (κ3) is 10.4. The van der Waals surface area contributed by atoms with Crippen molar-refractivity contribution in [3.63, 3.8) is 0 Å². The lowest BCUT2D eigenvalue weighted by molar-refractivity contribution is 0.0679. The van der Waals surface area contributed by atoms with Gasteiger partial charge in [0.1, 0.15) is 11.4 Å². The molecule has 0 aliphatic carbocycles. The average molecular weight is 604 g/mol. The molecular weight excluding hydrogens is 566 g/mol. The highest BCUT2D eigenvalue weighted by Crippen LogP contribution is 2.15. The van der Waals surface area contributed by atoms with E-state index in [0.29, 0.717) is 13.1 Å². The van der Waals surface area contributed by atoms with Gasteiger partial charge in [0.25, 0.3) is 0 Å². The van der Waals surface area contributed by atoms with Crippen LogP contribution in [0.25, 0.3) is 0 Å². The lowest BCUT2D eigenvalue weighted by Gasteiger charge is -2.33. The van der Waals surface area contributed by atoms with Crippen LogP contribution in [0, 0.1) is 0 Å². The van der Waals surface area contributed by atoms with E-state index in [1.807, 2.05) is 24.3 Å². The van der Waals surface area contributed by atoms with E-state index in [1.165, 1.54) is 12.1 Å². The highest BCUT2D eigenvalue weighted by molar-refractivity contribution is 7.78. The number of hydrogen-bond acceptors (Lipinski definition) is 10. The van der Waals surface area contributed by atoms with Crippen molar-refractivity contribution in [1.29, 1.82) is 0 Å². The highest BCUT2D eigenvalue weighted by atomic mass is 32.1. The Morgan fingerprint density at radius 1 is 0.721 bits per heavy atom. The van der Waals surface area contributed by atoms with Crippen molar-refractivity contribution >= 4 is 35.0 Å². The molecule has 4 rings (SSSR count). The van der Waals surface area contributed by atoms with E-state index in [-0.39, 0.29) is 11.4 Å². The van der Waals surface area contributed by atoms with E-state index in [1.54, 1.807) is 12.1 Å². The van der Waals surface area contributed by atoms with Crippen LogP contribution in [0.5, 0.6) is 0 Å². The van der Waals surface area contributed by atoms with Crippen molar-refractivity contribution in [2.24, 2.45) is 4.99 Å². The zero-order chi connectivity index (χ0) is 30.6. The maximum Gasteiger partial charge on any atom is 0.354 e. The number of rotatable bonds is 9. The molecule has 1 aliphatic heterocycles. The fraction of sp³-hybridized carbons (Fsp3) is 0.387. The normalized spacial score (nSPS) is 16.5. The van der Waals surface area contributed by atoms with Gasteiger partial charge in [0.2, 0.25) is 0 Å². The molecule has 1 fully saturated rings. The van der Waals surface area contributed by atoms with E-state index in [0.717, 1.165) is 81.5 Å². The number of aromatic nitrogens is 2. The van der Waals surface area contributed by atoms with Gasteiger partial charge in [-0.3, -0.25) is 14.7 Å². The number of nitrogens with zero attached hydrogens (tertiary/aromatic N) is 7. The zero-order valence-corrected chi connectivity index (χ0v) is 25.1. The lowest BCUT2D eigenvalue weighted by atomic mass is 10.2. The Bertz CT molecular complexity index is 1360. The monoisotopic (exact) mass is 603 g/mol. The molecule has 0 amide bonds. The summed E-state index contributed by atoms with van der Waals surface area (Å²) in [5, 5.41) is 21.2. The average Bonchev–Trinajstić information content (AvgIpc) is 3.00. The van der Waals surface area contributed by atoms with Crippen molar-refractivity contribution < 1.29 is 19.8 Å². The van der Waals surface area contributed by atoms with Crippen LogP contribution in [0.2, 0.25) is 0 Å². The largest absolute Gasteiger partial charge is 0.477 e. The molecule has 1 aromatic carbocycles. The predicted octanol–water partition coefficient (Wildman–Crippen LogP) is 3.36. The van der Waals surface area contributed by atoms with E-state index in [4.69, 9.17) is 12.2 Å². The number of pyridine rings is 2. The molecular formula is C31H37N7O4S. The summed E-state index contributed by atoms with van der Waals surface area (Å²) in [7, 11) is 2.10. The van der Waals surface area contributed by atoms with Gasteiger partial charge < -0.3 is 15.1 Å². The molecule has 0 saturated carbocycles. The summed E-state index contributed by atoms with van der Waals surface area (Å²) in [5.74, 6) is -2.06. The molecule has 2 aromatic heterocycles. The Balaban J connectivity index is 1.51. The number of likely N-dealkylation sites (N-methyl/N-ethyl adjacent to an activating group) is 1. The van der Waals surface area contributed by atoms with Gasteiger partial charge in [-0.25, -0.2) is 19.6 Å². The van der Waals surface area contributed by atoms with Gasteiger partial charge in [-0.1, -0.05) is 24.3 Å². The third-order valence-electron chi connectivity index (χ3n) is 7.40. The number of thiocarbonyl (C=S) groups is 1. The Morgan fingerprint density at radius 2 is 1.16 bits per heavy atom. The summed E-state index contributed by atoms with van der Waals surface area (Å²) in [4.78, 5) is 45.0. The first-order valence-corrected chi connectivity index (χ1v) is 14.6. The minimum Gasteiger partial charge on any atom is -0.477 e. The molecule has 0 radical (unpaired) electrons. The van der Waals surface area contributed by atoms with Crippen LogP contribution in [0.4, 0.5) is 5.69 Å². The van der Waals surface area contributed by atoms with Crippen molar-refractivity contribution in [2.45, 2.75) is 19.6 Å². The molecule has 1 saturated heterocycles. The molecule has 3 heterocycles. The summed E-state index contributed by atoms with van der Waals surface area (Å²) >= 11 is 4.73. The fourth-order valence-corrected chi connectivity index (χ4v) is 5.04. The number of benzene rings is 1. The lowest BCUT2D eigenvalue weighted by Crippen LogP contribution is -2.44. The molecule has 0 bridgehead atoms. The molecule has 2 N–H and O–H groups in total. The maximum atomic E-state index is 11.5. The Kier molecular flexibility index (Phi) is 12.0. The van der Waals surface area contributed by atoms with Crippen LogP contribution in [-0.4, -0.2) is 116 Å². The van der Waals surface area contributed by atoms with Crippen LogP contribution in [0.1, 0.15) is 37.9 Å². The second-order valence-corrected chi connectivity index (χ2v) is 10.8. The first kappa shape index (κ1) is 32.0. The number of carboxylic acids is 2. The molecule has 0 spiro atoms. The SMILES string of the molecule is CN1CCN(Cc2cccc(C(=O)O)n2)CCN(Cc2ccc(N=C=S)cc2)CCN(Cc2cccc(C(=O)O)n2)CC1. The van der Waals surface area contributed by atoms with E-state index in [2.05, 4.69) is 58.9 Å². The Labute approximate surface area is 257 Å². The Hall–Kier alpha value is -3.90. The Morgan fingerprint density at radius 3 is 1.60 bits per heavy atom. The van der Waals surface area contributed by atoms with Crippen LogP contribution in [0.3, 0.4) is 0 Å². The molecule has 0 atom stereocenters. The van der Waals surface area contributed by atoms with Gasteiger partial charge in [0.05, 0.1) is 22.2 Å². The van der Waals surface area contributed by atoms with Crippen molar-refractivity contribution in [1.82, 2.24) is 29.6 Å². The van der Waals surface area contributed by atoms with Gasteiger partial charge in [0.15, 0.2) is 0 Å². The maximum absolute atomic E-state index is 11.5. The molecule has 0 unspecified atom stereocenters. The van der Waals surface area contributed by atoms with E-state index in [9.17, 15) is 19.8 Å². The van der Waals surface area contributed by atoms with Crippen LogP contribution in [0.15, 0.2) is 65.7 Å². The molecule has 1 aliphatic rings. The summed E-state index contributed by atoms with van der Waals surface area (Å²) in [6, 6.07) is 18.2. The summed E-state index contributed by atoms with van der Waals surface area (Å²) in [6.07, 6.45) is 0. The zero-order valence-electron chi connectivity index (χ0n) is 24.3. The summed E-state index contributed by atoms with van der Waals surface area (Å²) < 4.78 is 0. The standard InChI is InChI=1S/C31H37N7O4S/c1-35-12-14-37(21-26-4-2-6-28(33-26)30(39)40)18-16-36(20-24-8-10-25(11-9-24)32-23-43)17-19-38(15-13-35)22-27-5-3-7-29(34-27)31(41)42/h2-11H,12-22H2,1H3,(H,39,40)(H,41,42). The number of aliphatic imine (C=N–C) groups is 1. The van der Waals surface area contributed by atoms with Gasteiger partial charge in [-0.15, -0.1) is 0 Å². The second kappa shape index (κ2) is 16.1. The summed E-state index contributed by atoms with van der Waals surface area (Å²) in [6.45, 7) is 8.28. The molecule has 11 nitrogen and oxygen atoms in total. The van der Waals surface area contributed by atoms with Crippen LogP contribution in [-0.2, 0) is 19.6 Å². The smallest absolute Gasteiger partial charge is 0.354 e. The first-order chi connectivity index (χ1) is 20.8. The summed E-state index contributed by atoms with van der Waals surface area (Å²) in [5.41, 5.74) is 3.49. The predicted molar refractivity (Wildman–Crippen MR) is 167 cm³/mol. The number of carboxylic acid groups (broad SMARTS) is 2. The van der Waals surface area contributed by atoms with Gasteiger partial charge in [0, 0.05) is 72.0 Å².